The van der Waals surface area contributed by atoms with E-state index in [0.717, 1.165) is 13.0 Å². The Labute approximate surface area is 69.0 Å². The van der Waals surface area contributed by atoms with Crippen LogP contribution in [-0.2, 0) is 0 Å². The summed E-state index contributed by atoms with van der Waals surface area (Å²) in [6, 6.07) is 0. The van der Waals surface area contributed by atoms with Crippen molar-refractivity contribution < 1.29 is 5.11 Å². The van der Waals surface area contributed by atoms with Gasteiger partial charge in [0.2, 0.25) is 0 Å². The van der Waals surface area contributed by atoms with E-state index in [0.29, 0.717) is 19.0 Å². The zero-order valence-electron chi connectivity index (χ0n) is 7.51. The summed E-state index contributed by atoms with van der Waals surface area (Å²) in [6.07, 6.45) is 0.638. The second kappa shape index (κ2) is 6.58. The molecule has 0 fully saturated rings. The van der Waals surface area contributed by atoms with E-state index in [1.165, 1.54) is 0 Å². The Morgan fingerprint density at radius 1 is 1.45 bits per heavy atom. The normalized spacial score (nSPS) is 13.9. The maximum Gasteiger partial charge on any atom is 0.0667 e. The molecule has 0 amide bonds. The van der Waals surface area contributed by atoms with Crippen LogP contribution in [0, 0.1) is 5.92 Å². The van der Waals surface area contributed by atoms with Crippen LogP contribution in [-0.4, -0.2) is 30.8 Å². The van der Waals surface area contributed by atoms with Gasteiger partial charge in [-0.05, 0) is 12.3 Å². The van der Waals surface area contributed by atoms with Crippen LogP contribution in [0.4, 0.5) is 0 Å². The van der Waals surface area contributed by atoms with E-state index in [-0.39, 0.29) is 6.10 Å². The molecular weight excluding hydrogens is 140 g/mol. The minimum absolute atomic E-state index is 0.221. The Kier molecular flexibility index (Phi) is 6.51. The van der Waals surface area contributed by atoms with Crippen molar-refractivity contribution in [1.82, 2.24) is 5.32 Å². The molecule has 0 aliphatic carbocycles. The number of nitrogens with one attached hydrogen (secondary N) is 1. The fourth-order valence-corrected chi connectivity index (χ4v) is 0.998. The summed E-state index contributed by atoms with van der Waals surface area (Å²) in [6.45, 7) is 6.29. The maximum atomic E-state index is 9.34. The van der Waals surface area contributed by atoms with Gasteiger partial charge in [0, 0.05) is 19.6 Å². The first-order valence-electron chi connectivity index (χ1n) is 4.25. The molecule has 1 unspecified atom stereocenters. The summed E-state index contributed by atoms with van der Waals surface area (Å²) in [4.78, 5) is 0. The summed E-state index contributed by atoms with van der Waals surface area (Å²) in [7, 11) is 0. The lowest BCUT2D eigenvalue weighted by molar-refractivity contribution is 0.147. The third kappa shape index (κ3) is 7.78. The Balaban J connectivity index is 3.15. The summed E-state index contributed by atoms with van der Waals surface area (Å²) in [5.41, 5.74) is 5.27. The third-order valence-corrected chi connectivity index (χ3v) is 1.44. The Morgan fingerprint density at radius 3 is 2.55 bits per heavy atom. The first-order chi connectivity index (χ1) is 5.16. The lowest BCUT2D eigenvalue weighted by Crippen LogP contribution is -2.31. The van der Waals surface area contributed by atoms with Crippen molar-refractivity contribution in [3.8, 4) is 0 Å². The molecule has 11 heavy (non-hydrogen) atoms. The Bertz CT molecular complexity index is 86.2. The van der Waals surface area contributed by atoms with Gasteiger partial charge < -0.3 is 16.2 Å². The molecule has 0 aliphatic heterocycles. The molecule has 0 heterocycles. The number of hydrogen-bond acceptors (Lipinski definition) is 3. The molecule has 0 spiro atoms. The van der Waals surface area contributed by atoms with E-state index in [4.69, 9.17) is 5.73 Å². The molecule has 0 rings (SSSR count). The third-order valence-electron chi connectivity index (χ3n) is 1.44. The van der Waals surface area contributed by atoms with Gasteiger partial charge in [0.25, 0.3) is 0 Å². The molecule has 3 nitrogen and oxygen atoms in total. The van der Waals surface area contributed by atoms with Crippen LogP contribution in [0.5, 0.6) is 0 Å². The highest BCUT2D eigenvalue weighted by molar-refractivity contribution is 4.61. The largest absolute Gasteiger partial charge is 0.392 e. The van der Waals surface area contributed by atoms with E-state index in [9.17, 15) is 5.11 Å². The molecular formula is C8H20N2O. The van der Waals surface area contributed by atoms with Gasteiger partial charge in [0.15, 0.2) is 0 Å². The predicted molar refractivity (Wildman–Crippen MR) is 47.4 cm³/mol. The maximum absolute atomic E-state index is 9.34. The van der Waals surface area contributed by atoms with E-state index in [1.54, 1.807) is 0 Å². The molecule has 1 atom stereocenters. The lowest BCUT2D eigenvalue weighted by Gasteiger charge is -2.12. The van der Waals surface area contributed by atoms with Crippen molar-refractivity contribution in [1.29, 1.82) is 0 Å². The molecule has 0 aromatic rings. The van der Waals surface area contributed by atoms with E-state index in [2.05, 4.69) is 19.2 Å². The van der Waals surface area contributed by atoms with Crippen LogP contribution in [0.1, 0.15) is 20.3 Å². The van der Waals surface area contributed by atoms with Gasteiger partial charge in [-0.15, -0.1) is 0 Å². The minimum Gasteiger partial charge on any atom is -0.392 e. The number of rotatable bonds is 6. The van der Waals surface area contributed by atoms with Crippen LogP contribution >= 0.6 is 0 Å². The second-order valence-corrected chi connectivity index (χ2v) is 3.28. The first kappa shape index (κ1) is 10.9. The van der Waals surface area contributed by atoms with Gasteiger partial charge in [-0.1, -0.05) is 13.8 Å². The highest BCUT2D eigenvalue weighted by atomic mass is 16.3. The van der Waals surface area contributed by atoms with Crippen LogP contribution < -0.4 is 11.1 Å². The van der Waals surface area contributed by atoms with Crippen LogP contribution in [0.3, 0.4) is 0 Å². The lowest BCUT2D eigenvalue weighted by atomic mass is 10.1. The zero-order chi connectivity index (χ0) is 8.69. The number of aliphatic hydroxyl groups is 1. The second-order valence-electron chi connectivity index (χ2n) is 3.28. The van der Waals surface area contributed by atoms with Crippen LogP contribution in [0.15, 0.2) is 0 Å². The molecule has 0 saturated heterocycles. The average molecular weight is 160 g/mol. The van der Waals surface area contributed by atoms with Gasteiger partial charge in [-0.2, -0.15) is 0 Å². The standard InChI is InChI=1S/C8H20N2O/c1-7(2)5-8(11)6-10-4-3-9/h7-8,10-11H,3-6,9H2,1-2H3. The first-order valence-corrected chi connectivity index (χ1v) is 4.25. The fourth-order valence-electron chi connectivity index (χ4n) is 0.998. The van der Waals surface area contributed by atoms with Gasteiger partial charge in [-0.3, -0.25) is 0 Å². The highest BCUT2D eigenvalue weighted by Gasteiger charge is 2.04. The monoisotopic (exact) mass is 160 g/mol. The quantitative estimate of drug-likeness (QED) is 0.477. The van der Waals surface area contributed by atoms with E-state index < -0.39 is 0 Å². The minimum atomic E-state index is -0.221. The van der Waals surface area contributed by atoms with E-state index in [1.807, 2.05) is 0 Å². The van der Waals surface area contributed by atoms with Gasteiger partial charge >= 0.3 is 0 Å². The summed E-state index contributed by atoms with van der Waals surface area (Å²) < 4.78 is 0. The molecule has 0 saturated carbocycles. The fraction of sp³-hybridized carbons (Fsp3) is 1.00. The smallest absolute Gasteiger partial charge is 0.0667 e. The number of hydrogen-bond donors (Lipinski definition) is 3. The molecule has 0 radical (unpaired) electrons. The highest BCUT2D eigenvalue weighted by Crippen LogP contribution is 2.02. The zero-order valence-corrected chi connectivity index (χ0v) is 7.51. The van der Waals surface area contributed by atoms with Gasteiger partial charge in [0.05, 0.1) is 6.10 Å². The molecule has 0 aromatic heterocycles. The molecule has 3 heteroatoms. The molecule has 4 N–H and O–H groups in total. The Hall–Kier alpha value is -0.120. The van der Waals surface area contributed by atoms with E-state index >= 15 is 0 Å². The van der Waals surface area contributed by atoms with Gasteiger partial charge in [-0.25, -0.2) is 0 Å². The average Bonchev–Trinajstić information content (AvgIpc) is 1.86. The molecule has 0 aromatic carbocycles. The Morgan fingerprint density at radius 2 is 2.09 bits per heavy atom. The number of aliphatic hydroxyl groups excluding tert-OH is 1. The van der Waals surface area contributed by atoms with Gasteiger partial charge in [0.1, 0.15) is 0 Å². The van der Waals surface area contributed by atoms with Crippen molar-refractivity contribution in [2.45, 2.75) is 26.4 Å². The van der Waals surface area contributed by atoms with Crippen molar-refractivity contribution in [3.63, 3.8) is 0 Å². The van der Waals surface area contributed by atoms with Crippen LogP contribution in [0.2, 0.25) is 0 Å². The predicted octanol–water partition coefficient (Wildman–Crippen LogP) is -0.0583. The molecule has 0 bridgehead atoms. The summed E-state index contributed by atoms with van der Waals surface area (Å²) in [5, 5.41) is 12.4. The van der Waals surface area contributed by atoms with Crippen molar-refractivity contribution in [3.05, 3.63) is 0 Å². The summed E-state index contributed by atoms with van der Waals surface area (Å²) >= 11 is 0. The topological polar surface area (TPSA) is 58.3 Å². The van der Waals surface area contributed by atoms with Crippen molar-refractivity contribution >= 4 is 0 Å². The molecule has 68 valence electrons. The SMILES string of the molecule is CC(C)CC(O)CNCCN. The number of nitrogens with two attached hydrogens (primary N) is 1. The van der Waals surface area contributed by atoms with Crippen LogP contribution in [0.25, 0.3) is 0 Å². The molecule has 0 aliphatic rings. The van der Waals surface area contributed by atoms with Crippen molar-refractivity contribution in [2.75, 3.05) is 19.6 Å². The van der Waals surface area contributed by atoms with Crippen molar-refractivity contribution in [2.24, 2.45) is 11.7 Å². The summed E-state index contributed by atoms with van der Waals surface area (Å²) in [5.74, 6) is 0.560.